The maximum atomic E-state index is 11.2. The van der Waals surface area contributed by atoms with Crippen LogP contribution in [0.25, 0.3) is 0 Å². The first kappa shape index (κ1) is 9.52. The van der Waals surface area contributed by atoms with Crippen LogP contribution in [0.2, 0.25) is 0 Å². The molecule has 1 unspecified atom stereocenters. The van der Waals surface area contributed by atoms with Crippen LogP contribution in [0.15, 0.2) is 0 Å². The second kappa shape index (κ2) is 5.14. The Morgan fingerprint density at radius 2 is 2.50 bits per heavy atom. The molecule has 2 N–H and O–H groups in total. The number of carbonyl (C=O) groups excluding carboxylic acids is 1. The summed E-state index contributed by atoms with van der Waals surface area (Å²) in [5.74, 6) is 0.761. The topological polar surface area (TPSA) is 41.1 Å². The number of carbonyl (C=O) groups is 1. The molecular formula is C9H18N2O. The van der Waals surface area contributed by atoms with Crippen LogP contribution in [0.3, 0.4) is 0 Å². The summed E-state index contributed by atoms with van der Waals surface area (Å²) < 4.78 is 0. The summed E-state index contributed by atoms with van der Waals surface area (Å²) >= 11 is 0. The van der Waals surface area contributed by atoms with Crippen molar-refractivity contribution in [2.45, 2.75) is 26.2 Å². The van der Waals surface area contributed by atoms with Crippen molar-refractivity contribution in [1.29, 1.82) is 0 Å². The standard InChI is InChI=1S/C9H18N2O/c1-2-11-9(12)6-8-4-3-5-10-7-8/h8,10H,2-7H2,1H3,(H,11,12). The van der Waals surface area contributed by atoms with E-state index >= 15 is 0 Å². The van der Waals surface area contributed by atoms with Gasteiger partial charge in [0.05, 0.1) is 0 Å². The lowest BCUT2D eigenvalue weighted by molar-refractivity contribution is -0.122. The van der Waals surface area contributed by atoms with E-state index in [4.69, 9.17) is 0 Å². The van der Waals surface area contributed by atoms with E-state index in [1.54, 1.807) is 0 Å². The van der Waals surface area contributed by atoms with Crippen molar-refractivity contribution in [3.8, 4) is 0 Å². The molecule has 1 rings (SSSR count). The van der Waals surface area contributed by atoms with Crippen molar-refractivity contribution in [2.24, 2.45) is 5.92 Å². The van der Waals surface area contributed by atoms with E-state index < -0.39 is 0 Å². The lowest BCUT2D eigenvalue weighted by atomic mass is 9.96. The van der Waals surface area contributed by atoms with Crippen molar-refractivity contribution in [3.63, 3.8) is 0 Å². The predicted octanol–water partition coefficient (Wildman–Crippen LogP) is 0.512. The summed E-state index contributed by atoms with van der Waals surface area (Å²) in [4.78, 5) is 11.2. The maximum absolute atomic E-state index is 11.2. The predicted molar refractivity (Wildman–Crippen MR) is 48.9 cm³/mol. The van der Waals surface area contributed by atoms with Gasteiger partial charge in [-0.1, -0.05) is 0 Å². The third kappa shape index (κ3) is 3.22. The van der Waals surface area contributed by atoms with Gasteiger partial charge in [0.1, 0.15) is 0 Å². The van der Waals surface area contributed by atoms with Crippen molar-refractivity contribution in [2.75, 3.05) is 19.6 Å². The first-order chi connectivity index (χ1) is 5.83. The van der Waals surface area contributed by atoms with Gasteiger partial charge < -0.3 is 10.6 Å². The summed E-state index contributed by atoms with van der Waals surface area (Å²) in [5.41, 5.74) is 0. The molecule has 3 heteroatoms. The fourth-order valence-corrected chi connectivity index (χ4v) is 1.63. The van der Waals surface area contributed by atoms with Gasteiger partial charge in [-0.05, 0) is 38.8 Å². The van der Waals surface area contributed by atoms with Gasteiger partial charge in [-0.2, -0.15) is 0 Å². The lowest BCUT2D eigenvalue weighted by Crippen LogP contribution is -2.34. The zero-order valence-electron chi connectivity index (χ0n) is 7.73. The zero-order chi connectivity index (χ0) is 8.81. The largest absolute Gasteiger partial charge is 0.356 e. The van der Waals surface area contributed by atoms with Crippen LogP contribution in [-0.2, 0) is 4.79 Å². The average Bonchev–Trinajstić information content (AvgIpc) is 2.06. The monoisotopic (exact) mass is 170 g/mol. The van der Waals surface area contributed by atoms with E-state index in [-0.39, 0.29) is 5.91 Å². The Balaban J connectivity index is 2.15. The maximum Gasteiger partial charge on any atom is 0.220 e. The van der Waals surface area contributed by atoms with E-state index in [0.29, 0.717) is 12.3 Å². The molecule has 70 valence electrons. The number of hydrogen-bond donors (Lipinski definition) is 2. The lowest BCUT2D eigenvalue weighted by Gasteiger charge is -2.21. The number of amides is 1. The Morgan fingerprint density at radius 3 is 3.08 bits per heavy atom. The summed E-state index contributed by atoms with van der Waals surface area (Å²) in [7, 11) is 0. The first-order valence-electron chi connectivity index (χ1n) is 4.80. The Kier molecular flexibility index (Phi) is 4.08. The normalized spacial score (nSPS) is 23.6. The van der Waals surface area contributed by atoms with E-state index in [2.05, 4.69) is 10.6 Å². The molecule has 1 fully saturated rings. The zero-order valence-corrected chi connectivity index (χ0v) is 7.73. The molecule has 0 spiro atoms. The molecule has 0 aliphatic carbocycles. The van der Waals surface area contributed by atoms with Crippen LogP contribution < -0.4 is 10.6 Å². The summed E-state index contributed by atoms with van der Waals surface area (Å²) in [6, 6.07) is 0. The summed E-state index contributed by atoms with van der Waals surface area (Å²) in [5, 5.41) is 6.13. The molecule has 1 atom stereocenters. The van der Waals surface area contributed by atoms with Crippen LogP contribution in [0.5, 0.6) is 0 Å². The molecule has 12 heavy (non-hydrogen) atoms. The minimum atomic E-state index is 0.200. The molecule has 0 radical (unpaired) electrons. The van der Waals surface area contributed by atoms with Crippen LogP contribution in [0, 0.1) is 5.92 Å². The highest BCUT2D eigenvalue weighted by atomic mass is 16.1. The van der Waals surface area contributed by atoms with Crippen molar-refractivity contribution in [1.82, 2.24) is 10.6 Å². The molecule has 1 amide bonds. The Labute approximate surface area is 73.9 Å². The van der Waals surface area contributed by atoms with E-state index in [1.165, 1.54) is 12.8 Å². The number of nitrogens with one attached hydrogen (secondary N) is 2. The Bertz CT molecular complexity index is 141. The second-order valence-corrected chi connectivity index (χ2v) is 3.37. The molecule has 1 aliphatic rings. The van der Waals surface area contributed by atoms with E-state index in [1.807, 2.05) is 6.92 Å². The van der Waals surface area contributed by atoms with Crippen molar-refractivity contribution < 1.29 is 4.79 Å². The molecule has 0 saturated carbocycles. The van der Waals surface area contributed by atoms with Crippen LogP contribution in [0.4, 0.5) is 0 Å². The Morgan fingerprint density at radius 1 is 1.67 bits per heavy atom. The van der Waals surface area contributed by atoms with Gasteiger partial charge in [-0.25, -0.2) is 0 Å². The van der Waals surface area contributed by atoms with Gasteiger partial charge in [0.15, 0.2) is 0 Å². The average molecular weight is 170 g/mol. The van der Waals surface area contributed by atoms with Crippen LogP contribution in [-0.4, -0.2) is 25.5 Å². The molecular weight excluding hydrogens is 152 g/mol. The van der Waals surface area contributed by atoms with Gasteiger partial charge >= 0.3 is 0 Å². The molecule has 3 nitrogen and oxygen atoms in total. The van der Waals surface area contributed by atoms with Gasteiger partial charge in [-0.3, -0.25) is 4.79 Å². The van der Waals surface area contributed by atoms with Gasteiger partial charge in [-0.15, -0.1) is 0 Å². The molecule has 1 saturated heterocycles. The third-order valence-corrected chi connectivity index (χ3v) is 2.25. The molecule has 1 aliphatic heterocycles. The molecule has 0 aromatic carbocycles. The summed E-state index contributed by atoms with van der Waals surface area (Å²) in [6.45, 7) is 4.83. The quantitative estimate of drug-likeness (QED) is 0.648. The minimum Gasteiger partial charge on any atom is -0.356 e. The summed E-state index contributed by atoms with van der Waals surface area (Å²) in [6.07, 6.45) is 3.11. The molecule has 1 heterocycles. The fraction of sp³-hybridized carbons (Fsp3) is 0.889. The van der Waals surface area contributed by atoms with Gasteiger partial charge in [0.25, 0.3) is 0 Å². The van der Waals surface area contributed by atoms with E-state index in [0.717, 1.165) is 19.6 Å². The highest BCUT2D eigenvalue weighted by molar-refractivity contribution is 5.76. The first-order valence-corrected chi connectivity index (χ1v) is 4.80. The molecule has 0 aromatic rings. The van der Waals surface area contributed by atoms with Gasteiger partial charge in [0.2, 0.25) is 5.91 Å². The number of hydrogen-bond acceptors (Lipinski definition) is 2. The van der Waals surface area contributed by atoms with Gasteiger partial charge in [0, 0.05) is 13.0 Å². The van der Waals surface area contributed by atoms with E-state index in [9.17, 15) is 4.79 Å². The van der Waals surface area contributed by atoms with Crippen molar-refractivity contribution in [3.05, 3.63) is 0 Å². The highest BCUT2D eigenvalue weighted by Crippen LogP contribution is 2.13. The smallest absolute Gasteiger partial charge is 0.220 e. The van der Waals surface area contributed by atoms with Crippen LogP contribution >= 0.6 is 0 Å². The SMILES string of the molecule is CCNC(=O)CC1CCCNC1. The third-order valence-electron chi connectivity index (χ3n) is 2.25. The molecule has 0 bridgehead atoms. The minimum absolute atomic E-state index is 0.200. The Hall–Kier alpha value is -0.570. The van der Waals surface area contributed by atoms with Crippen molar-refractivity contribution >= 4 is 5.91 Å². The number of rotatable bonds is 3. The van der Waals surface area contributed by atoms with Crippen LogP contribution in [0.1, 0.15) is 26.2 Å². The fourth-order valence-electron chi connectivity index (χ4n) is 1.63. The highest BCUT2D eigenvalue weighted by Gasteiger charge is 2.15. The molecule has 0 aromatic heterocycles. The second-order valence-electron chi connectivity index (χ2n) is 3.37. The number of piperidine rings is 1.